The Kier molecular flexibility index (Phi) is 3.87. The Hall–Kier alpha value is -1.62. The summed E-state index contributed by atoms with van der Waals surface area (Å²) in [6.07, 6.45) is 1.77. The van der Waals surface area contributed by atoms with E-state index in [2.05, 4.69) is 21.7 Å². The van der Waals surface area contributed by atoms with Crippen LogP contribution in [0.3, 0.4) is 0 Å². The molecule has 0 aliphatic heterocycles. The number of halogens is 1. The Morgan fingerprint density at radius 2 is 2.15 bits per heavy atom. The van der Waals surface area contributed by atoms with Gasteiger partial charge in [0.2, 0.25) is 0 Å². The van der Waals surface area contributed by atoms with Gasteiger partial charge in [0.15, 0.2) is 0 Å². The van der Waals surface area contributed by atoms with Gasteiger partial charge in [0.25, 0.3) is 0 Å². The van der Waals surface area contributed by atoms with Gasteiger partial charge in [-0.1, -0.05) is 17.7 Å². The Balaban J connectivity index is 2.00. The second-order valence-electron chi connectivity index (χ2n) is 4.44. The number of benzene rings is 1. The average Bonchev–Trinajstić information content (AvgIpc) is 3.01. The van der Waals surface area contributed by atoms with Gasteiger partial charge in [-0.25, -0.2) is 0 Å². The Morgan fingerprint density at radius 3 is 2.90 bits per heavy atom. The first kappa shape index (κ1) is 13.4. The highest BCUT2D eigenvalue weighted by molar-refractivity contribution is 7.10. The van der Waals surface area contributed by atoms with Gasteiger partial charge < -0.3 is 11.1 Å². The number of anilines is 1. The van der Waals surface area contributed by atoms with Crippen molar-refractivity contribution in [3.05, 3.63) is 57.9 Å². The maximum Gasteiger partial charge on any atom is 0.0948 e. The molecular weight excluding hydrogens is 290 g/mol. The van der Waals surface area contributed by atoms with Crippen LogP contribution in [0.25, 0.3) is 10.9 Å². The van der Waals surface area contributed by atoms with Crippen molar-refractivity contribution in [2.75, 3.05) is 11.9 Å². The van der Waals surface area contributed by atoms with Crippen molar-refractivity contribution in [2.45, 2.75) is 6.04 Å². The molecule has 3 rings (SSSR count). The number of aromatic nitrogens is 1. The van der Waals surface area contributed by atoms with Crippen molar-refractivity contribution in [1.82, 2.24) is 4.98 Å². The van der Waals surface area contributed by atoms with E-state index in [1.807, 2.05) is 30.3 Å². The van der Waals surface area contributed by atoms with E-state index in [1.54, 1.807) is 17.5 Å². The Bertz CT molecular complexity index is 712. The SMILES string of the molecule is NCC(Nc1ccc(Cl)c2cccnc12)c1cccs1. The van der Waals surface area contributed by atoms with Gasteiger partial charge in [0.05, 0.1) is 22.3 Å². The summed E-state index contributed by atoms with van der Waals surface area (Å²) >= 11 is 7.90. The van der Waals surface area contributed by atoms with Crippen LogP contribution >= 0.6 is 22.9 Å². The number of nitrogens with two attached hydrogens (primary N) is 1. The first-order valence-electron chi connectivity index (χ1n) is 6.33. The lowest BCUT2D eigenvalue weighted by molar-refractivity contribution is 0.807. The number of nitrogens with one attached hydrogen (secondary N) is 1. The van der Waals surface area contributed by atoms with Crippen LogP contribution in [0.4, 0.5) is 5.69 Å². The third-order valence-electron chi connectivity index (χ3n) is 3.17. The van der Waals surface area contributed by atoms with Gasteiger partial charge in [0, 0.05) is 23.0 Å². The molecular formula is C15H14ClN3S. The molecule has 0 aliphatic carbocycles. The molecule has 20 heavy (non-hydrogen) atoms. The van der Waals surface area contributed by atoms with Gasteiger partial charge >= 0.3 is 0 Å². The molecule has 1 unspecified atom stereocenters. The molecule has 0 amide bonds. The van der Waals surface area contributed by atoms with Crippen molar-refractivity contribution in [3.63, 3.8) is 0 Å². The largest absolute Gasteiger partial charge is 0.374 e. The summed E-state index contributed by atoms with van der Waals surface area (Å²) in [5.74, 6) is 0. The van der Waals surface area contributed by atoms with E-state index in [-0.39, 0.29) is 6.04 Å². The van der Waals surface area contributed by atoms with E-state index in [0.717, 1.165) is 16.6 Å². The standard InChI is InChI=1S/C15H14ClN3S/c16-11-5-6-12(15-10(11)3-1-7-18-15)19-13(9-17)14-4-2-8-20-14/h1-8,13,19H,9,17H2. The maximum atomic E-state index is 6.21. The van der Waals surface area contributed by atoms with Gasteiger partial charge in [0.1, 0.15) is 0 Å². The van der Waals surface area contributed by atoms with Gasteiger partial charge in [-0.15, -0.1) is 11.3 Å². The molecule has 5 heteroatoms. The smallest absolute Gasteiger partial charge is 0.0948 e. The molecule has 3 aromatic rings. The maximum absolute atomic E-state index is 6.21. The molecule has 0 saturated carbocycles. The summed E-state index contributed by atoms with van der Waals surface area (Å²) in [6.45, 7) is 0.525. The predicted octanol–water partition coefficient (Wildman–Crippen LogP) is 4.06. The van der Waals surface area contributed by atoms with Crippen LogP contribution < -0.4 is 11.1 Å². The van der Waals surface area contributed by atoms with Crippen molar-refractivity contribution in [2.24, 2.45) is 5.73 Å². The summed E-state index contributed by atoms with van der Waals surface area (Å²) in [7, 11) is 0. The lowest BCUT2D eigenvalue weighted by Crippen LogP contribution is -2.19. The Labute approximate surface area is 126 Å². The van der Waals surface area contributed by atoms with Gasteiger partial charge in [-0.05, 0) is 35.7 Å². The second-order valence-corrected chi connectivity index (χ2v) is 5.83. The first-order chi connectivity index (χ1) is 9.79. The number of hydrogen-bond donors (Lipinski definition) is 2. The van der Waals surface area contributed by atoms with E-state index in [0.29, 0.717) is 11.6 Å². The molecule has 0 fully saturated rings. The minimum absolute atomic E-state index is 0.0846. The molecule has 0 spiro atoms. The zero-order valence-electron chi connectivity index (χ0n) is 10.7. The van der Waals surface area contributed by atoms with Crippen LogP contribution in [0.2, 0.25) is 5.02 Å². The molecule has 3 N–H and O–H groups in total. The van der Waals surface area contributed by atoms with Crippen molar-refractivity contribution in [3.8, 4) is 0 Å². The number of hydrogen-bond acceptors (Lipinski definition) is 4. The number of fused-ring (bicyclic) bond motifs is 1. The molecule has 0 radical (unpaired) electrons. The third kappa shape index (κ3) is 2.50. The fraction of sp³-hybridized carbons (Fsp3) is 0.133. The summed E-state index contributed by atoms with van der Waals surface area (Å²) in [6, 6.07) is 11.9. The minimum atomic E-state index is 0.0846. The predicted molar refractivity (Wildman–Crippen MR) is 86.5 cm³/mol. The topological polar surface area (TPSA) is 50.9 Å². The van der Waals surface area contributed by atoms with E-state index < -0.39 is 0 Å². The fourth-order valence-corrected chi connectivity index (χ4v) is 3.18. The fourth-order valence-electron chi connectivity index (χ4n) is 2.18. The first-order valence-corrected chi connectivity index (χ1v) is 7.58. The van der Waals surface area contributed by atoms with Gasteiger partial charge in [-0.3, -0.25) is 4.98 Å². The number of nitrogens with zero attached hydrogens (tertiary/aromatic N) is 1. The van der Waals surface area contributed by atoms with Crippen molar-refractivity contribution in [1.29, 1.82) is 0 Å². The summed E-state index contributed by atoms with van der Waals surface area (Å²) in [5.41, 5.74) is 7.71. The highest BCUT2D eigenvalue weighted by Crippen LogP contribution is 2.31. The summed E-state index contributed by atoms with van der Waals surface area (Å²) in [4.78, 5) is 5.64. The zero-order chi connectivity index (χ0) is 13.9. The van der Waals surface area contributed by atoms with E-state index in [1.165, 1.54) is 4.88 Å². The van der Waals surface area contributed by atoms with E-state index >= 15 is 0 Å². The number of rotatable bonds is 4. The summed E-state index contributed by atoms with van der Waals surface area (Å²) in [5, 5.41) is 7.17. The van der Waals surface area contributed by atoms with Crippen molar-refractivity contribution < 1.29 is 0 Å². The average molecular weight is 304 g/mol. The second kappa shape index (κ2) is 5.79. The molecule has 1 aromatic carbocycles. The van der Waals surface area contributed by atoms with Crippen LogP contribution in [0.15, 0.2) is 48.0 Å². The molecule has 102 valence electrons. The molecule has 1 atom stereocenters. The van der Waals surface area contributed by atoms with Crippen LogP contribution in [0.1, 0.15) is 10.9 Å². The minimum Gasteiger partial charge on any atom is -0.374 e. The molecule has 2 aromatic heterocycles. The number of thiophene rings is 1. The van der Waals surface area contributed by atoms with Gasteiger partial charge in [-0.2, -0.15) is 0 Å². The summed E-state index contributed by atoms with van der Waals surface area (Å²) < 4.78 is 0. The van der Waals surface area contributed by atoms with Crippen LogP contribution in [-0.2, 0) is 0 Å². The third-order valence-corrected chi connectivity index (χ3v) is 4.48. The highest BCUT2D eigenvalue weighted by atomic mass is 35.5. The Morgan fingerprint density at radius 1 is 1.25 bits per heavy atom. The van der Waals surface area contributed by atoms with Crippen molar-refractivity contribution >= 4 is 39.5 Å². The van der Waals surface area contributed by atoms with Crippen LogP contribution in [0, 0.1) is 0 Å². The van der Waals surface area contributed by atoms with Crippen LogP contribution in [0.5, 0.6) is 0 Å². The monoisotopic (exact) mass is 303 g/mol. The van der Waals surface area contributed by atoms with E-state index in [9.17, 15) is 0 Å². The zero-order valence-corrected chi connectivity index (χ0v) is 12.3. The molecule has 0 saturated heterocycles. The molecule has 3 nitrogen and oxygen atoms in total. The van der Waals surface area contributed by atoms with Crippen LogP contribution in [-0.4, -0.2) is 11.5 Å². The van der Waals surface area contributed by atoms with E-state index in [4.69, 9.17) is 17.3 Å². The quantitative estimate of drug-likeness (QED) is 0.764. The molecule has 0 bridgehead atoms. The highest BCUT2D eigenvalue weighted by Gasteiger charge is 2.13. The number of pyridine rings is 1. The molecule has 2 heterocycles. The lowest BCUT2D eigenvalue weighted by atomic mass is 10.1. The lowest BCUT2D eigenvalue weighted by Gasteiger charge is -2.18. The molecule has 0 aliphatic rings. The normalized spacial score (nSPS) is 12.5.